The zero-order chi connectivity index (χ0) is 23.3. The van der Waals surface area contributed by atoms with Gasteiger partial charge in [-0.2, -0.15) is 0 Å². The summed E-state index contributed by atoms with van der Waals surface area (Å²) in [6, 6.07) is 10.9. The lowest BCUT2D eigenvalue weighted by Gasteiger charge is -2.12. The summed E-state index contributed by atoms with van der Waals surface area (Å²) >= 11 is 23.6. The van der Waals surface area contributed by atoms with Crippen LogP contribution in [0.25, 0.3) is 0 Å². The lowest BCUT2D eigenvalue weighted by molar-refractivity contribution is 0.0873. The van der Waals surface area contributed by atoms with Gasteiger partial charge >= 0.3 is 0 Å². The predicted octanol–water partition coefficient (Wildman–Crippen LogP) is 7.69. The molecule has 2 aromatic carbocycles. The second kappa shape index (κ2) is 14.4. The van der Waals surface area contributed by atoms with Crippen molar-refractivity contribution in [2.24, 2.45) is 5.16 Å². The average Bonchev–Trinajstić information content (AvgIpc) is 2.72. The largest absolute Gasteiger partial charge is 0.494 e. The number of hydrogen-bond acceptors (Lipinski definition) is 5. The quantitative estimate of drug-likeness (QED) is 0.154. The molecule has 0 fully saturated rings. The molecule has 174 valence electrons. The summed E-state index contributed by atoms with van der Waals surface area (Å²) in [5.41, 5.74) is 0.941. The SMILES string of the molecule is CC(C)ON=Cc1ccc(OCCCCOc2c(Cl)cc(OCC=C(Cl)Cl)cc2Cl)cc1. The fourth-order valence-corrected chi connectivity index (χ4v) is 3.09. The first-order valence-corrected chi connectivity index (χ1v) is 11.5. The van der Waals surface area contributed by atoms with Gasteiger partial charge in [0.25, 0.3) is 0 Å². The molecule has 0 aromatic heterocycles. The molecule has 0 bridgehead atoms. The highest BCUT2D eigenvalue weighted by Crippen LogP contribution is 2.37. The predicted molar refractivity (Wildman–Crippen MR) is 132 cm³/mol. The van der Waals surface area contributed by atoms with Crippen molar-refractivity contribution in [3.63, 3.8) is 0 Å². The Bertz CT molecular complexity index is 874. The van der Waals surface area contributed by atoms with Gasteiger partial charge in [-0.05, 0) is 62.6 Å². The summed E-state index contributed by atoms with van der Waals surface area (Å²) in [4.78, 5) is 5.15. The first-order chi connectivity index (χ1) is 15.3. The van der Waals surface area contributed by atoms with E-state index in [4.69, 9.17) is 65.5 Å². The van der Waals surface area contributed by atoms with Gasteiger partial charge in [0.1, 0.15) is 28.7 Å². The highest BCUT2D eigenvalue weighted by atomic mass is 35.5. The van der Waals surface area contributed by atoms with E-state index in [2.05, 4.69) is 5.16 Å². The van der Waals surface area contributed by atoms with Gasteiger partial charge in [-0.3, -0.25) is 0 Å². The maximum absolute atomic E-state index is 6.26. The topological polar surface area (TPSA) is 49.3 Å². The highest BCUT2D eigenvalue weighted by molar-refractivity contribution is 6.55. The van der Waals surface area contributed by atoms with Crippen molar-refractivity contribution in [2.75, 3.05) is 19.8 Å². The molecule has 0 amide bonds. The number of halogens is 4. The van der Waals surface area contributed by atoms with Gasteiger partial charge in [-0.1, -0.05) is 51.6 Å². The van der Waals surface area contributed by atoms with Crippen LogP contribution in [-0.4, -0.2) is 32.1 Å². The van der Waals surface area contributed by atoms with Crippen LogP contribution in [0.1, 0.15) is 32.3 Å². The first kappa shape index (κ1) is 26.5. The van der Waals surface area contributed by atoms with Gasteiger partial charge in [0, 0.05) is 12.1 Å². The van der Waals surface area contributed by atoms with Crippen LogP contribution in [0.5, 0.6) is 17.2 Å². The fraction of sp³-hybridized carbons (Fsp3) is 0.348. The lowest BCUT2D eigenvalue weighted by Crippen LogP contribution is -2.03. The molecule has 0 aliphatic carbocycles. The third kappa shape index (κ3) is 10.2. The van der Waals surface area contributed by atoms with Gasteiger partial charge < -0.3 is 19.0 Å². The summed E-state index contributed by atoms with van der Waals surface area (Å²) in [7, 11) is 0. The van der Waals surface area contributed by atoms with Crippen LogP contribution in [0.3, 0.4) is 0 Å². The molecule has 0 atom stereocenters. The number of nitrogens with zero attached hydrogens (tertiary/aromatic N) is 1. The molecule has 2 rings (SSSR count). The van der Waals surface area contributed by atoms with Gasteiger partial charge in [0.05, 0.1) is 29.5 Å². The van der Waals surface area contributed by atoms with Crippen molar-refractivity contribution in [3.05, 3.63) is 62.6 Å². The number of hydrogen-bond donors (Lipinski definition) is 0. The Hall–Kier alpha value is -1.79. The maximum Gasteiger partial charge on any atom is 0.156 e. The van der Waals surface area contributed by atoms with E-state index in [0.29, 0.717) is 34.8 Å². The molecule has 32 heavy (non-hydrogen) atoms. The Morgan fingerprint density at radius 1 is 0.906 bits per heavy atom. The van der Waals surface area contributed by atoms with Crippen LogP contribution in [-0.2, 0) is 4.84 Å². The smallest absolute Gasteiger partial charge is 0.156 e. The van der Waals surface area contributed by atoms with Crippen LogP contribution in [0.4, 0.5) is 0 Å². The number of oxime groups is 1. The molecule has 0 unspecified atom stereocenters. The van der Waals surface area contributed by atoms with Crippen molar-refractivity contribution in [1.29, 1.82) is 0 Å². The summed E-state index contributed by atoms with van der Waals surface area (Å²) in [5, 5.41) is 4.65. The molecule has 0 saturated carbocycles. The molecule has 0 heterocycles. The Balaban J connectivity index is 1.69. The lowest BCUT2D eigenvalue weighted by atomic mass is 10.2. The highest BCUT2D eigenvalue weighted by Gasteiger charge is 2.10. The summed E-state index contributed by atoms with van der Waals surface area (Å²) in [6.45, 7) is 5.08. The summed E-state index contributed by atoms with van der Waals surface area (Å²) in [6.07, 6.45) is 4.84. The molecule has 0 aliphatic heterocycles. The number of benzene rings is 2. The Morgan fingerprint density at radius 3 is 2.12 bits per heavy atom. The minimum atomic E-state index is 0.0576. The molecular formula is C23H25Cl4NO4. The van der Waals surface area contributed by atoms with E-state index < -0.39 is 0 Å². The molecular weight excluding hydrogens is 496 g/mol. The molecule has 0 aliphatic rings. The molecule has 2 aromatic rings. The van der Waals surface area contributed by atoms with E-state index in [-0.39, 0.29) is 17.2 Å². The van der Waals surface area contributed by atoms with E-state index in [9.17, 15) is 0 Å². The molecule has 0 radical (unpaired) electrons. The Kier molecular flexibility index (Phi) is 11.9. The van der Waals surface area contributed by atoms with Gasteiger partial charge in [-0.15, -0.1) is 0 Å². The molecule has 0 spiro atoms. The minimum absolute atomic E-state index is 0.0576. The van der Waals surface area contributed by atoms with Crippen LogP contribution in [0.2, 0.25) is 10.0 Å². The Morgan fingerprint density at radius 2 is 1.53 bits per heavy atom. The van der Waals surface area contributed by atoms with Crippen molar-refractivity contribution < 1.29 is 19.0 Å². The van der Waals surface area contributed by atoms with Gasteiger partial charge in [-0.25, -0.2) is 0 Å². The van der Waals surface area contributed by atoms with Crippen molar-refractivity contribution >= 4 is 52.6 Å². The number of unbranched alkanes of at least 4 members (excludes halogenated alkanes) is 1. The molecule has 0 saturated heterocycles. The first-order valence-electron chi connectivity index (χ1n) is 10.0. The van der Waals surface area contributed by atoms with E-state index in [0.717, 1.165) is 24.2 Å². The molecule has 9 heteroatoms. The van der Waals surface area contributed by atoms with Crippen LogP contribution in [0.15, 0.2) is 52.1 Å². The number of ether oxygens (including phenoxy) is 3. The zero-order valence-corrected chi connectivity index (χ0v) is 20.8. The summed E-state index contributed by atoms with van der Waals surface area (Å²) < 4.78 is 17.1. The normalized spacial score (nSPS) is 11.0. The summed E-state index contributed by atoms with van der Waals surface area (Å²) in [5.74, 6) is 1.71. The van der Waals surface area contributed by atoms with Crippen LogP contribution >= 0.6 is 46.4 Å². The molecule has 5 nitrogen and oxygen atoms in total. The Labute approximate surface area is 208 Å². The maximum atomic E-state index is 6.26. The fourth-order valence-electron chi connectivity index (χ4n) is 2.39. The second-order valence-electron chi connectivity index (χ2n) is 6.88. The van der Waals surface area contributed by atoms with Gasteiger partial charge in [0.15, 0.2) is 5.75 Å². The minimum Gasteiger partial charge on any atom is -0.494 e. The number of rotatable bonds is 13. The van der Waals surface area contributed by atoms with Crippen molar-refractivity contribution in [1.82, 2.24) is 0 Å². The van der Waals surface area contributed by atoms with Crippen LogP contribution in [0, 0.1) is 0 Å². The van der Waals surface area contributed by atoms with Crippen molar-refractivity contribution in [2.45, 2.75) is 32.8 Å². The molecule has 0 N–H and O–H groups in total. The van der Waals surface area contributed by atoms with E-state index in [1.54, 1.807) is 18.3 Å². The van der Waals surface area contributed by atoms with E-state index >= 15 is 0 Å². The third-order valence-electron chi connectivity index (χ3n) is 3.87. The van der Waals surface area contributed by atoms with E-state index in [1.807, 2.05) is 38.1 Å². The third-order valence-corrected chi connectivity index (χ3v) is 4.74. The van der Waals surface area contributed by atoms with E-state index in [1.165, 1.54) is 6.08 Å². The van der Waals surface area contributed by atoms with Crippen LogP contribution < -0.4 is 14.2 Å². The van der Waals surface area contributed by atoms with Gasteiger partial charge in [0.2, 0.25) is 0 Å². The second-order valence-corrected chi connectivity index (χ2v) is 8.70. The average molecular weight is 521 g/mol. The standard InChI is InChI=1S/C23H25Cl4NO4/c1-16(2)32-28-15-17-5-7-18(8-6-17)29-10-3-4-11-31-23-20(24)13-19(14-21(23)25)30-12-9-22(26)27/h5-9,13-16H,3-4,10-12H2,1-2H3. The zero-order valence-electron chi connectivity index (χ0n) is 17.8. The van der Waals surface area contributed by atoms with Crippen molar-refractivity contribution in [3.8, 4) is 17.2 Å². The monoisotopic (exact) mass is 519 g/mol.